The molecule has 0 radical (unpaired) electrons. The highest BCUT2D eigenvalue weighted by Gasteiger charge is 2.32. The third kappa shape index (κ3) is 4.31. The van der Waals surface area contributed by atoms with Crippen molar-refractivity contribution in [1.29, 1.82) is 0 Å². The molecule has 16 heavy (non-hydrogen) atoms. The number of hydrogen-bond donors (Lipinski definition) is 1. The summed E-state index contributed by atoms with van der Waals surface area (Å²) in [6, 6.07) is -0.736. The smallest absolute Gasteiger partial charge is 0.156 e. The summed E-state index contributed by atoms with van der Waals surface area (Å²) in [5.41, 5.74) is 0. The molecule has 0 spiro atoms. The van der Waals surface area contributed by atoms with Crippen molar-refractivity contribution in [2.45, 2.75) is 24.9 Å². The molecule has 0 aliphatic carbocycles. The van der Waals surface area contributed by atoms with Crippen molar-refractivity contribution >= 4 is 27.6 Å². The number of carbonyl (C=O) groups excluding carboxylic acids is 1. The Kier molecular flexibility index (Phi) is 5.07. The van der Waals surface area contributed by atoms with Gasteiger partial charge in [0.15, 0.2) is 9.84 Å². The van der Waals surface area contributed by atoms with Gasteiger partial charge >= 0.3 is 0 Å². The lowest BCUT2D eigenvalue weighted by atomic mass is 10.2. The van der Waals surface area contributed by atoms with Gasteiger partial charge in [0.1, 0.15) is 17.8 Å². The van der Waals surface area contributed by atoms with Crippen LogP contribution in [0, 0.1) is 0 Å². The summed E-state index contributed by atoms with van der Waals surface area (Å²) in [5, 5.41) is 12.5. The zero-order valence-electron chi connectivity index (χ0n) is 9.22. The number of nitrogens with two attached hydrogens (primary N) is 1. The fraction of sp³-hybridized carbons (Fsp3) is 0.889. The molecule has 2 N–H and O–H groups in total. The van der Waals surface area contributed by atoms with Gasteiger partial charge in [0.2, 0.25) is 0 Å². The van der Waals surface area contributed by atoms with Crippen LogP contribution in [0.1, 0.15) is 12.8 Å². The molecule has 0 aromatic heterocycles. The molecule has 0 aromatic carbocycles. The van der Waals surface area contributed by atoms with Crippen LogP contribution < -0.4 is 10.4 Å². The van der Waals surface area contributed by atoms with Gasteiger partial charge in [-0.3, -0.25) is 0 Å². The van der Waals surface area contributed by atoms with Gasteiger partial charge in [-0.15, -0.1) is 0 Å². The number of aliphatic carboxylic acids is 1. The largest absolute Gasteiger partial charge is 0.544 e. The Hall–Kier alpha value is -0.270. The van der Waals surface area contributed by atoms with Crippen LogP contribution in [0.2, 0.25) is 0 Å². The van der Waals surface area contributed by atoms with Gasteiger partial charge < -0.3 is 15.2 Å². The van der Waals surface area contributed by atoms with Gasteiger partial charge in [0.05, 0.1) is 11.7 Å². The van der Waals surface area contributed by atoms with Gasteiger partial charge in [0.25, 0.3) is 0 Å². The van der Waals surface area contributed by atoms with Gasteiger partial charge in [0, 0.05) is 12.8 Å². The number of hydrogen-bond acceptors (Lipinski definition) is 5. The number of thioether (sulfide) groups is 1. The van der Waals surface area contributed by atoms with E-state index in [1.54, 1.807) is 17.1 Å². The van der Waals surface area contributed by atoms with Crippen LogP contribution >= 0.6 is 11.8 Å². The topological polar surface area (TPSA) is 90.9 Å². The third-order valence-corrected chi connectivity index (χ3v) is 5.15. The number of sulfone groups is 1. The Morgan fingerprint density at radius 2 is 2.31 bits per heavy atom. The zero-order chi connectivity index (χ0) is 12.2. The Morgan fingerprint density at radius 3 is 2.75 bits per heavy atom. The van der Waals surface area contributed by atoms with Gasteiger partial charge in [-0.25, -0.2) is 8.42 Å². The first kappa shape index (κ1) is 13.8. The van der Waals surface area contributed by atoms with Crippen LogP contribution in [0.15, 0.2) is 0 Å². The van der Waals surface area contributed by atoms with Crippen molar-refractivity contribution < 1.29 is 23.6 Å². The van der Waals surface area contributed by atoms with Crippen LogP contribution in [0.4, 0.5) is 0 Å². The highest BCUT2D eigenvalue weighted by molar-refractivity contribution is 7.98. The normalized spacial score (nSPS) is 25.4. The lowest BCUT2D eigenvalue weighted by Crippen LogP contribution is -2.98. The zero-order valence-corrected chi connectivity index (χ0v) is 10.9. The van der Waals surface area contributed by atoms with Crippen LogP contribution in [-0.2, 0) is 14.6 Å². The van der Waals surface area contributed by atoms with E-state index in [9.17, 15) is 18.3 Å². The SMILES string of the molecule is CSCC[C@H]([NH2+][C@H]1CCS(=O)(=O)C1)C(=O)[O-]. The van der Waals surface area contributed by atoms with Crippen molar-refractivity contribution in [2.24, 2.45) is 0 Å². The molecule has 1 fully saturated rings. The molecular weight excluding hydrogens is 250 g/mol. The monoisotopic (exact) mass is 267 g/mol. The summed E-state index contributed by atoms with van der Waals surface area (Å²) in [4.78, 5) is 10.9. The predicted octanol–water partition coefficient (Wildman–Crippen LogP) is -2.39. The number of quaternary nitrogens is 1. The summed E-state index contributed by atoms with van der Waals surface area (Å²) in [7, 11) is -2.94. The van der Waals surface area contributed by atoms with E-state index in [1.807, 2.05) is 6.26 Å². The first-order valence-electron chi connectivity index (χ1n) is 5.20. The second-order valence-electron chi connectivity index (χ2n) is 4.06. The Balaban J connectivity index is 2.46. The summed E-state index contributed by atoms with van der Waals surface area (Å²) < 4.78 is 22.4. The molecule has 0 saturated carbocycles. The molecule has 0 aromatic rings. The Labute approximate surface area is 99.9 Å². The standard InChI is InChI=1S/C9H17NO4S2/c1-15-4-2-8(9(11)12)10-7-3-5-16(13,14)6-7/h7-8,10H,2-6H2,1H3,(H,11,12)/t7-,8-/m0/s1. The van der Waals surface area contributed by atoms with Crippen molar-refractivity contribution in [3.8, 4) is 0 Å². The Morgan fingerprint density at radius 1 is 1.62 bits per heavy atom. The molecule has 1 saturated heterocycles. The summed E-state index contributed by atoms with van der Waals surface area (Å²) in [6.07, 6.45) is 2.97. The molecule has 1 rings (SSSR count). The van der Waals surface area contributed by atoms with Crippen LogP contribution in [0.5, 0.6) is 0 Å². The molecule has 0 bridgehead atoms. The summed E-state index contributed by atoms with van der Waals surface area (Å²) in [5.74, 6) is -0.0837. The van der Waals surface area contributed by atoms with E-state index in [2.05, 4.69) is 0 Å². The number of rotatable bonds is 6. The molecule has 1 aliphatic heterocycles. The van der Waals surface area contributed by atoms with Crippen molar-refractivity contribution in [3.05, 3.63) is 0 Å². The van der Waals surface area contributed by atoms with E-state index >= 15 is 0 Å². The highest BCUT2D eigenvalue weighted by atomic mass is 32.2. The predicted molar refractivity (Wildman–Crippen MR) is 60.8 cm³/mol. The van der Waals surface area contributed by atoms with E-state index in [0.29, 0.717) is 12.8 Å². The molecule has 0 amide bonds. The van der Waals surface area contributed by atoms with E-state index in [1.165, 1.54) is 0 Å². The van der Waals surface area contributed by atoms with Crippen LogP contribution in [0.25, 0.3) is 0 Å². The van der Waals surface area contributed by atoms with Gasteiger partial charge in [-0.2, -0.15) is 11.8 Å². The second-order valence-corrected chi connectivity index (χ2v) is 7.28. The molecule has 5 nitrogen and oxygen atoms in total. The third-order valence-electron chi connectivity index (χ3n) is 2.71. The fourth-order valence-corrected chi connectivity index (χ4v) is 4.09. The molecule has 0 unspecified atom stereocenters. The lowest BCUT2D eigenvalue weighted by molar-refractivity contribution is -0.710. The van der Waals surface area contributed by atoms with E-state index < -0.39 is 21.8 Å². The van der Waals surface area contributed by atoms with Gasteiger partial charge in [-0.05, 0) is 12.0 Å². The minimum atomic E-state index is -2.94. The molecule has 94 valence electrons. The maximum atomic E-state index is 11.2. The van der Waals surface area contributed by atoms with Crippen LogP contribution in [0.3, 0.4) is 0 Å². The van der Waals surface area contributed by atoms with E-state index in [4.69, 9.17) is 0 Å². The number of carbonyl (C=O) groups is 1. The quantitative estimate of drug-likeness (QED) is 0.580. The van der Waals surface area contributed by atoms with Crippen LogP contribution in [-0.4, -0.2) is 50.0 Å². The minimum Gasteiger partial charge on any atom is -0.544 e. The maximum Gasteiger partial charge on any atom is 0.156 e. The van der Waals surface area contributed by atoms with Crippen molar-refractivity contribution in [1.82, 2.24) is 0 Å². The molecule has 7 heteroatoms. The first-order valence-corrected chi connectivity index (χ1v) is 8.41. The van der Waals surface area contributed by atoms with Gasteiger partial charge in [-0.1, -0.05) is 0 Å². The lowest BCUT2D eigenvalue weighted by Gasteiger charge is -2.19. The number of carboxylic acids is 1. The average molecular weight is 267 g/mol. The minimum absolute atomic E-state index is 0.0933. The Bertz CT molecular complexity index is 341. The van der Waals surface area contributed by atoms with E-state index in [-0.39, 0.29) is 17.5 Å². The van der Waals surface area contributed by atoms with Crippen molar-refractivity contribution in [2.75, 3.05) is 23.5 Å². The summed E-state index contributed by atoms with van der Waals surface area (Å²) >= 11 is 1.58. The summed E-state index contributed by atoms with van der Waals surface area (Å²) in [6.45, 7) is 0. The average Bonchev–Trinajstić information content (AvgIpc) is 2.52. The molecular formula is C9H17NO4S2. The van der Waals surface area contributed by atoms with E-state index in [0.717, 1.165) is 5.75 Å². The molecule has 1 aliphatic rings. The maximum absolute atomic E-state index is 11.2. The molecule has 2 atom stereocenters. The first-order chi connectivity index (χ1) is 7.44. The molecule has 1 heterocycles. The second kappa shape index (κ2) is 5.88. The highest BCUT2D eigenvalue weighted by Crippen LogP contribution is 2.08. The fourth-order valence-electron chi connectivity index (χ4n) is 1.84. The van der Waals surface area contributed by atoms with Crippen molar-refractivity contribution in [3.63, 3.8) is 0 Å². The number of carboxylic acid groups (broad SMARTS) is 1.